The molecule has 0 bridgehead atoms. The normalized spacial score (nSPS) is 14.0. The van der Waals surface area contributed by atoms with Crippen molar-refractivity contribution in [1.29, 1.82) is 5.26 Å². The smallest absolute Gasteiger partial charge is 0.197 e. The van der Waals surface area contributed by atoms with Crippen molar-refractivity contribution >= 4 is 0 Å². The standard InChI is InChI=1S/C6H5F6N/c1-2-4(3-13,5(7,8)9)6(10,11)12/h2H2,1H3. The molecule has 0 unspecified atom stereocenters. The topological polar surface area (TPSA) is 23.8 Å². The van der Waals surface area contributed by atoms with E-state index in [1.165, 1.54) is 0 Å². The Labute approximate surface area is 69.9 Å². The van der Waals surface area contributed by atoms with Crippen molar-refractivity contribution in [3.8, 4) is 6.07 Å². The maximum absolute atomic E-state index is 11.9. The van der Waals surface area contributed by atoms with Gasteiger partial charge in [-0.25, -0.2) is 0 Å². The maximum atomic E-state index is 11.9. The summed E-state index contributed by atoms with van der Waals surface area (Å²) in [5.74, 6) is 0. The largest absolute Gasteiger partial charge is 0.416 e. The van der Waals surface area contributed by atoms with E-state index >= 15 is 0 Å². The Morgan fingerprint density at radius 2 is 1.31 bits per heavy atom. The quantitative estimate of drug-likeness (QED) is 0.603. The molecule has 0 aromatic rings. The van der Waals surface area contributed by atoms with Crippen LogP contribution in [-0.2, 0) is 0 Å². The highest BCUT2D eigenvalue weighted by atomic mass is 19.4. The average molecular weight is 205 g/mol. The first-order valence-corrected chi connectivity index (χ1v) is 3.17. The van der Waals surface area contributed by atoms with Crippen molar-refractivity contribution < 1.29 is 26.3 Å². The highest BCUT2D eigenvalue weighted by Crippen LogP contribution is 2.51. The summed E-state index contributed by atoms with van der Waals surface area (Å²) in [6, 6.07) is 0.295. The second-order valence-corrected chi connectivity index (χ2v) is 2.37. The molecule has 1 nitrogen and oxygen atoms in total. The molecule has 0 rings (SSSR count). The van der Waals surface area contributed by atoms with Gasteiger partial charge in [0.2, 0.25) is 5.41 Å². The van der Waals surface area contributed by atoms with Crippen LogP contribution in [0, 0.1) is 16.7 Å². The Hall–Kier alpha value is -0.930. The Morgan fingerprint density at radius 3 is 1.31 bits per heavy atom. The molecule has 0 saturated heterocycles. The van der Waals surface area contributed by atoms with Crippen molar-refractivity contribution in [2.24, 2.45) is 5.41 Å². The molecule has 0 aliphatic heterocycles. The zero-order valence-corrected chi connectivity index (χ0v) is 6.42. The van der Waals surface area contributed by atoms with E-state index in [9.17, 15) is 26.3 Å². The van der Waals surface area contributed by atoms with Gasteiger partial charge in [-0.15, -0.1) is 0 Å². The van der Waals surface area contributed by atoms with Gasteiger partial charge in [-0.1, -0.05) is 6.92 Å². The Kier molecular flexibility index (Phi) is 2.87. The first kappa shape index (κ1) is 12.1. The maximum Gasteiger partial charge on any atom is 0.416 e. The van der Waals surface area contributed by atoms with Gasteiger partial charge in [0.25, 0.3) is 0 Å². The third kappa shape index (κ3) is 1.71. The molecule has 13 heavy (non-hydrogen) atoms. The number of alkyl halides is 6. The van der Waals surface area contributed by atoms with Gasteiger partial charge in [0.05, 0.1) is 6.07 Å². The second kappa shape index (κ2) is 3.09. The number of hydrogen-bond donors (Lipinski definition) is 0. The van der Waals surface area contributed by atoms with Crippen molar-refractivity contribution in [2.45, 2.75) is 25.7 Å². The van der Waals surface area contributed by atoms with E-state index in [-0.39, 0.29) is 0 Å². The zero-order chi connectivity index (χ0) is 10.9. The van der Waals surface area contributed by atoms with E-state index in [0.29, 0.717) is 13.0 Å². The summed E-state index contributed by atoms with van der Waals surface area (Å²) in [6.07, 6.45) is -12.5. The van der Waals surface area contributed by atoms with Crippen molar-refractivity contribution in [3.05, 3.63) is 0 Å². The molecule has 0 aliphatic rings. The predicted octanol–water partition coefficient (Wildman–Crippen LogP) is 3.03. The molecule has 7 heteroatoms. The molecule has 0 amide bonds. The van der Waals surface area contributed by atoms with Crippen LogP contribution in [0.5, 0.6) is 0 Å². The third-order valence-electron chi connectivity index (χ3n) is 1.69. The van der Waals surface area contributed by atoms with E-state index in [1.54, 1.807) is 0 Å². The van der Waals surface area contributed by atoms with E-state index in [4.69, 9.17) is 5.26 Å². The lowest BCUT2D eigenvalue weighted by Gasteiger charge is -2.29. The van der Waals surface area contributed by atoms with Gasteiger partial charge in [0.1, 0.15) is 0 Å². The summed E-state index contributed by atoms with van der Waals surface area (Å²) < 4.78 is 71.6. The lowest BCUT2D eigenvalue weighted by Crippen LogP contribution is -2.48. The fourth-order valence-corrected chi connectivity index (χ4v) is 0.767. The summed E-state index contributed by atoms with van der Waals surface area (Å²) in [7, 11) is 0. The summed E-state index contributed by atoms with van der Waals surface area (Å²) in [4.78, 5) is 0. The number of nitriles is 1. The number of rotatable bonds is 1. The van der Waals surface area contributed by atoms with Gasteiger partial charge in [0.15, 0.2) is 0 Å². The molecule has 0 saturated carbocycles. The van der Waals surface area contributed by atoms with Crippen LogP contribution in [0.1, 0.15) is 13.3 Å². The van der Waals surface area contributed by atoms with Gasteiger partial charge in [-0.2, -0.15) is 31.6 Å². The minimum Gasteiger partial charge on any atom is -0.197 e. The Bertz CT molecular complexity index is 205. The third-order valence-corrected chi connectivity index (χ3v) is 1.69. The van der Waals surface area contributed by atoms with Gasteiger partial charge < -0.3 is 0 Å². The number of halogens is 6. The molecule has 0 aromatic heterocycles. The minimum absolute atomic E-state index is 0.295. The Morgan fingerprint density at radius 1 is 1.00 bits per heavy atom. The SMILES string of the molecule is CCC(C#N)(C(F)(F)F)C(F)(F)F. The zero-order valence-electron chi connectivity index (χ0n) is 6.42. The van der Waals surface area contributed by atoms with Crippen LogP contribution in [0.2, 0.25) is 0 Å². The van der Waals surface area contributed by atoms with E-state index in [2.05, 4.69) is 0 Å². The summed E-state index contributed by atoms with van der Waals surface area (Å²) in [5, 5.41) is 7.96. The van der Waals surface area contributed by atoms with Gasteiger partial charge in [-0.05, 0) is 6.42 Å². The monoisotopic (exact) mass is 205 g/mol. The molecule has 0 aliphatic carbocycles. The predicted molar refractivity (Wildman–Crippen MR) is 30.4 cm³/mol. The van der Waals surface area contributed by atoms with Crippen LogP contribution in [0.15, 0.2) is 0 Å². The van der Waals surface area contributed by atoms with Gasteiger partial charge in [0, 0.05) is 0 Å². The minimum atomic E-state index is -5.59. The van der Waals surface area contributed by atoms with Crippen LogP contribution < -0.4 is 0 Å². The average Bonchev–Trinajstić information content (AvgIpc) is 1.84. The molecular weight excluding hydrogens is 200 g/mol. The second-order valence-electron chi connectivity index (χ2n) is 2.37. The fourth-order valence-electron chi connectivity index (χ4n) is 0.767. The molecule has 0 heterocycles. The number of hydrogen-bond acceptors (Lipinski definition) is 1. The van der Waals surface area contributed by atoms with Crippen LogP contribution in [0.4, 0.5) is 26.3 Å². The first-order chi connectivity index (χ1) is 5.62. The summed E-state index contributed by atoms with van der Waals surface area (Å²) in [6.45, 7) is 0.671. The molecule has 0 N–H and O–H groups in total. The van der Waals surface area contributed by atoms with E-state index in [0.717, 1.165) is 0 Å². The molecule has 76 valence electrons. The van der Waals surface area contributed by atoms with Crippen molar-refractivity contribution in [3.63, 3.8) is 0 Å². The van der Waals surface area contributed by atoms with Gasteiger partial charge in [-0.3, -0.25) is 0 Å². The highest BCUT2D eigenvalue weighted by molar-refractivity contribution is 5.08. The summed E-state index contributed by atoms with van der Waals surface area (Å²) in [5.41, 5.74) is -4.24. The van der Waals surface area contributed by atoms with E-state index in [1.807, 2.05) is 0 Å². The highest BCUT2D eigenvalue weighted by Gasteiger charge is 2.70. The van der Waals surface area contributed by atoms with Crippen molar-refractivity contribution in [1.82, 2.24) is 0 Å². The van der Waals surface area contributed by atoms with Crippen LogP contribution in [0.3, 0.4) is 0 Å². The molecule has 0 atom stereocenters. The fraction of sp³-hybridized carbons (Fsp3) is 0.833. The van der Waals surface area contributed by atoms with Gasteiger partial charge >= 0.3 is 12.4 Å². The van der Waals surface area contributed by atoms with Crippen LogP contribution >= 0.6 is 0 Å². The van der Waals surface area contributed by atoms with Crippen LogP contribution in [0.25, 0.3) is 0 Å². The molecule has 0 aromatic carbocycles. The molecular formula is C6H5F6N. The van der Waals surface area contributed by atoms with Crippen molar-refractivity contribution in [2.75, 3.05) is 0 Å². The van der Waals surface area contributed by atoms with Crippen LogP contribution in [-0.4, -0.2) is 12.4 Å². The summed E-state index contributed by atoms with van der Waals surface area (Å²) >= 11 is 0. The van der Waals surface area contributed by atoms with E-state index < -0.39 is 24.2 Å². The Balaban J connectivity index is 5.35. The molecule has 0 spiro atoms. The lowest BCUT2D eigenvalue weighted by atomic mass is 9.85. The first-order valence-electron chi connectivity index (χ1n) is 3.17. The molecule has 0 radical (unpaired) electrons. The number of nitrogens with zero attached hydrogens (tertiary/aromatic N) is 1. The molecule has 0 fully saturated rings. The lowest BCUT2D eigenvalue weighted by molar-refractivity contribution is -0.318.